The maximum Gasteiger partial charge on any atom is 0.230 e. The van der Waals surface area contributed by atoms with Gasteiger partial charge in [-0.15, -0.1) is 10.2 Å². The monoisotopic (exact) mass is 397 g/mol. The van der Waals surface area contributed by atoms with Crippen LogP contribution in [0.3, 0.4) is 0 Å². The van der Waals surface area contributed by atoms with Crippen molar-refractivity contribution in [1.29, 1.82) is 0 Å². The Morgan fingerprint density at radius 2 is 1.72 bits per heavy atom. The van der Waals surface area contributed by atoms with Crippen LogP contribution >= 0.6 is 15.9 Å². The van der Waals surface area contributed by atoms with Crippen LogP contribution in [0.25, 0.3) is 0 Å². The van der Waals surface area contributed by atoms with Gasteiger partial charge in [0, 0.05) is 10.7 Å². The average Bonchev–Trinajstić information content (AvgIpc) is 2.64. The van der Waals surface area contributed by atoms with Gasteiger partial charge in [-0.2, -0.15) is 0 Å². The standard InChI is InChI=1S/C18H16BrN5O/c19-15-7-2-1-5-13(15)11-18(25)22-17-9-8-16(23-24-17)21-12-14-6-3-4-10-20-14/h1-10H,11-12H2,(H,21,23)(H,22,24,25). The van der Waals surface area contributed by atoms with Gasteiger partial charge in [-0.25, -0.2) is 0 Å². The maximum absolute atomic E-state index is 12.1. The number of hydrogen-bond acceptors (Lipinski definition) is 5. The second kappa shape index (κ2) is 8.34. The summed E-state index contributed by atoms with van der Waals surface area (Å²) in [7, 11) is 0. The van der Waals surface area contributed by atoms with E-state index in [1.165, 1.54) is 0 Å². The van der Waals surface area contributed by atoms with Crippen molar-refractivity contribution < 1.29 is 4.79 Å². The number of nitrogens with one attached hydrogen (secondary N) is 2. The molecule has 7 heteroatoms. The van der Waals surface area contributed by atoms with Crippen molar-refractivity contribution in [1.82, 2.24) is 15.2 Å². The third-order valence-corrected chi connectivity index (χ3v) is 4.19. The second-order valence-corrected chi connectivity index (χ2v) is 6.15. The van der Waals surface area contributed by atoms with Crippen molar-refractivity contribution >= 4 is 33.5 Å². The summed E-state index contributed by atoms with van der Waals surface area (Å²) in [4.78, 5) is 16.3. The Kier molecular flexibility index (Phi) is 5.69. The van der Waals surface area contributed by atoms with Gasteiger partial charge in [0.1, 0.15) is 5.82 Å². The summed E-state index contributed by atoms with van der Waals surface area (Å²) in [5, 5.41) is 14.0. The summed E-state index contributed by atoms with van der Waals surface area (Å²) in [6, 6.07) is 16.8. The maximum atomic E-state index is 12.1. The number of aromatic nitrogens is 3. The molecule has 0 aliphatic carbocycles. The van der Waals surface area contributed by atoms with Crippen molar-refractivity contribution in [3.05, 3.63) is 76.5 Å². The Bertz CT molecular complexity index is 840. The molecule has 0 atom stereocenters. The molecule has 2 aromatic heterocycles. The normalized spacial score (nSPS) is 10.3. The van der Waals surface area contributed by atoms with Crippen LogP contribution in [0.15, 0.2) is 65.3 Å². The average molecular weight is 398 g/mol. The molecule has 0 saturated carbocycles. The van der Waals surface area contributed by atoms with Crippen molar-refractivity contribution in [2.75, 3.05) is 10.6 Å². The minimum atomic E-state index is -0.143. The Hall–Kier alpha value is -2.80. The molecule has 0 bridgehead atoms. The van der Waals surface area contributed by atoms with Crippen LogP contribution in [0.4, 0.5) is 11.6 Å². The third-order valence-electron chi connectivity index (χ3n) is 3.42. The van der Waals surface area contributed by atoms with Gasteiger partial charge in [-0.05, 0) is 35.9 Å². The first-order chi connectivity index (χ1) is 12.2. The van der Waals surface area contributed by atoms with E-state index in [9.17, 15) is 4.79 Å². The van der Waals surface area contributed by atoms with Crippen LogP contribution in [0, 0.1) is 0 Å². The third kappa shape index (κ3) is 5.09. The van der Waals surface area contributed by atoms with E-state index in [1.807, 2.05) is 42.5 Å². The summed E-state index contributed by atoms with van der Waals surface area (Å²) in [6.07, 6.45) is 2.01. The van der Waals surface area contributed by atoms with Crippen molar-refractivity contribution in [3.8, 4) is 0 Å². The molecule has 0 spiro atoms. The zero-order valence-electron chi connectivity index (χ0n) is 13.3. The van der Waals surface area contributed by atoms with Gasteiger partial charge in [-0.1, -0.05) is 40.2 Å². The van der Waals surface area contributed by atoms with Crippen molar-refractivity contribution in [3.63, 3.8) is 0 Å². The number of anilines is 2. The smallest absolute Gasteiger partial charge is 0.230 e. The first-order valence-electron chi connectivity index (χ1n) is 7.71. The van der Waals surface area contributed by atoms with Crippen LogP contribution in [0.5, 0.6) is 0 Å². The van der Waals surface area contributed by atoms with Crippen LogP contribution < -0.4 is 10.6 Å². The van der Waals surface area contributed by atoms with Crippen molar-refractivity contribution in [2.45, 2.75) is 13.0 Å². The first kappa shape index (κ1) is 17.0. The van der Waals surface area contributed by atoms with Gasteiger partial charge < -0.3 is 10.6 Å². The highest BCUT2D eigenvalue weighted by Gasteiger charge is 2.08. The number of amides is 1. The fourth-order valence-corrected chi connectivity index (χ4v) is 2.60. The molecule has 2 heterocycles. The van der Waals surface area contributed by atoms with Crippen LogP contribution in [-0.4, -0.2) is 21.1 Å². The highest BCUT2D eigenvalue weighted by Crippen LogP contribution is 2.17. The summed E-state index contributed by atoms with van der Waals surface area (Å²) in [5.41, 5.74) is 1.83. The fraction of sp³-hybridized carbons (Fsp3) is 0.111. The van der Waals surface area contributed by atoms with Crippen LogP contribution in [-0.2, 0) is 17.8 Å². The van der Waals surface area contributed by atoms with E-state index >= 15 is 0 Å². The number of carbonyl (C=O) groups is 1. The molecule has 0 radical (unpaired) electrons. The molecule has 1 amide bonds. The lowest BCUT2D eigenvalue weighted by Crippen LogP contribution is -2.16. The number of halogens is 1. The summed E-state index contributed by atoms with van der Waals surface area (Å²) >= 11 is 3.43. The molecule has 0 aliphatic heterocycles. The Balaban J connectivity index is 1.53. The first-order valence-corrected chi connectivity index (χ1v) is 8.51. The molecule has 0 saturated heterocycles. The van der Waals surface area contributed by atoms with Gasteiger partial charge in [0.2, 0.25) is 5.91 Å². The predicted octanol–water partition coefficient (Wildman–Crippen LogP) is 3.43. The zero-order valence-corrected chi connectivity index (χ0v) is 14.9. The molecule has 126 valence electrons. The van der Waals surface area contributed by atoms with Gasteiger partial charge in [0.15, 0.2) is 5.82 Å². The van der Waals surface area contributed by atoms with Gasteiger partial charge >= 0.3 is 0 Å². The lowest BCUT2D eigenvalue weighted by atomic mass is 10.1. The molecule has 0 fully saturated rings. The molecule has 6 nitrogen and oxygen atoms in total. The Labute approximate surface area is 153 Å². The quantitative estimate of drug-likeness (QED) is 0.665. The van der Waals surface area contributed by atoms with E-state index in [4.69, 9.17) is 0 Å². The highest BCUT2D eigenvalue weighted by atomic mass is 79.9. The largest absolute Gasteiger partial charge is 0.363 e. The van der Waals surface area contributed by atoms with Gasteiger partial charge in [0.25, 0.3) is 0 Å². The number of benzene rings is 1. The number of nitrogens with zero attached hydrogens (tertiary/aromatic N) is 3. The number of rotatable bonds is 6. The molecule has 3 aromatic rings. The fourth-order valence-electron chi connectivity index (χ4n) is 2.18. The van der Waals surface area contributed by atoms with E-state index in [1.54, 1.807) is 18.3 Å². The SMILES string of the molecule is O=C(Cc1ccccc1Br)Nc1ccc(NCc2ccccn2)nn1. The molecule has 2 N–H and O–H groups in total. The minimum Gasteiger partial charge on any atom is -0.363 e. The van der Waals surface area contributed by atoms with E-state index < -0.39 is 0 Å². The van der Waals surface area contributed by atoms with Gasteiger partial charge in [-0.3, -0.25) is 9.78 Å². The highest BCUT2D eigenvalue weighted by molar-refractivity contribution is 9.10. The van der Waals surface area contributed by atoms with Crippen LogP contribution in [0.1, 0.15) is 11.3 Å². The molecule has 0 aliphatic rings. The molecule has 1 aromatic carbocycles. The lowest BCUT2D eigenvalue weighted by molar-refractivity contribution is -0.115. The topological polar surface area (TPSA) is 79.8 Å². The van der Waals surface area contributed by atoms with E-state index in [0.717, 1.165) is 15.7 Å². The summed E-state index contributed by atoms with van der Waals surface area (Å²) in [6.45, 7) is 0.559. The number of pyridine rings is 1. The molecular formula is C18H16BrN5O. The Morgan fingerprint density at radius 3 is 2.44 bits per heavy atom. The second-order valence-electron chi connectivity index (χ2n) is 5.29. The van der Waals surface area contributed by atoms with Crippen molar-refractivity contribution in [2.24, 2.45) is 0 Å². The van der Waals surface area contributed by atoms with Crippen LogP contribution in [0.2, 0.25) is 0 Å². The van der Waals surface area contributed by atoms with E-state index in [-0.39, 0.29) is 12.3 Å². The zero-order chi connectivity index (χ0) is 17.5. The minimum absolute atomic E-state index is 0.143. The van der Waals surface area contributed by atoms with Gasteiger partial charge in [0.05, 0.1) is 18.7 Å². The lowest BCUT2D eigenvalue weighted by Gasteiger charge is -2.07. The summed E-state index contributed by atoms with van der Waals surface area (Å²) in [5.74, 6) is 0.894. The Morgan fingerprint density at radius 1 is 0.960 bits per heavy atom. The predicted molar refractivity (Wildman–Crippen MR) is 100 cm³/mol. The molecule has 25 heavy (non-hydrogen) atoms. The van der Waals surface area contributed by atoms with E-state index in [0.29, 0.717) is 18.2 Å². The number of carbonyl (C=O) groups excluding carboxylic acids is 1. The molecule has 3 rings (SSSR count). The number of hydrogen-bond donors (Lipinski definition) is 2. The molecule has 0 unspecified atom stereocenters. The molecular weight excluding hydrogens is 382 g/mol. The summed E-state index contributed by atoms with van der Waals surface area (Å²) < 4.78 is 0.908. The van der Waals surface area contributed by atoms with E-state index in [2.05, 4.69) is 41.7 Å².